The fraction of sp³-hybridized carbons (Fsp3) is 0.478. The Labute approximate surface area is 143 Å². The molecular formula is C23H32. The van der Waals surface area contributed by atoms with E-state index in [2.05, 4.69) is 57.7 Å². The van der Waals surface area contributed by atoms with Gasteiger partial charge in [0, 0.05) is 0 Å². The third kappa shape index (κ3) is 4.96. The molecule has 0 unspecified atom stereocenters. The molecule has 0 heteroatoms. The van der Waals surface area contributed by atoms with Crippen molar-refractivity contribution < 1.29 is 0 Å². The minimum absolute atomic E-state index is 1.02. The smallest absolute Gasteiger partial charge is 0.00236 e. The Hall–Kier alpha value is -1.56. The first kappa shape index (κ1) is 17.8. The summed E-state index contributed by atoms with van der Waals surface area (Å²) < 4.78 is 0. The van der Waals surface area contributed by atoms with Gasteiger partial charge in [0.2, 0.25) is 0 Å². The van der Waals surface area contributed by atoms with Gasteiger partial charge in [-0.1, -0.05) is 62.8 Å². The van der Waals surface area contributed by atoms with E-state index >= 15 is 0 Å². The fourth-order valence-electron chi connectivity index (χ4n) is 3.36. The molecule has 1 aromatic carbocycles. The third-order valence-electron chi connectivity index (χ3n) is 4.97. The van der Waals surface area contributed by atoms with Crippen LogP contribution in [0.15, 0.2) is 48.1 Å². The molecular weight excluding hydrogens is 276 g/mol. The van der Waals surface area contributed by atoms with Crippen LogP contribution in [-0.2, 0) is 6.42 Å². The van der Waals surface area contributed by atoms with E-state index in [4.69, 9.17) is 0 Å². The van der Waals surface area contributed by atoms with Gasteiger partial charge in [-0.05, 0) is 79.7 Å². The van der Waals surface area contributed by atoms with Crippen molar-refractivity contribution in [2.24, 2.45) is 0 Å². The summed E-state index contributed by atoms with van der Waals surface area (Å²) in [6.07, 6.45) is 14.5. The SMILES string of the molecule is C=C(CC)/C(=C/CC)Cc1cc(C2=CCCCCC2)ccc1C. The van der Waals surface area contributed by atoms with Crippen LogP contribution in [0, 0.1) is 6.92 Å². The molecule has 0 N–H and O–H groups in total. The Morgan fingerprint density at radius 3 is 2.74 bits per heavy atom. The maximum atomic E-state index is 4.26. The average molecular weight is 309 g/mol. The lowest BCUT2D eigenvalue weighted by molar-refractivity contribution is 0.720. The van der Waals surface area contributed by atoms with E-state index in [0.29, 0.717) is 0 Å². The third-order valence-corrected chi connectivity index (χ3v) is 4.97. The molecule has 0 saturated heterocycles. The summed E-state index contributed by atoms with van der Waals surface area (Å²) >= 11 is 0. The van der Waals surface area contributed by atoms with E-state index in [9.17, 15) is 0 Å². The quantitative estimate of drug-likeness (QED) is 0.488. The molecule has 0 radical (unpaired) electrons. The molecule has 0 nitrogen and oxygen atoms in total. The van der Waals surface area contributed by atoms with Crippen LogP contribution < -0.4 is 0 Å². The van der Waals surface area contributed by atoms with Gasteiger partial charge < -0.3 is 0 Å². The van der Waals surface area contributed by atoms with Crippen LogP contribution in [0.25, 0.3) is 5.57 Å². The molecule has 2 rings (SSSR count). The van der Waals surface area contributed by atoms with Crippen LogP contribution in [0.2, 0.25) is 0 Å². The van der Waals surface area contributed by atoms with Crippen molar-refractivity contribution in [3.05, 3.63) is 64.8 Å². The van der Waals surface area contributed by atoms with E-state index in [-0.39, 0.29) is 0 Å². The highest BCUT2D eigenvalue weighted by molar-refractivity contribution is 5.67. The summed E-state index contributed by atoms with van der Waals surface area (Å²) in [5, 5.41) is 0. The molecule has 0 fully saturated rings. The van der Waals surface area contributed by atoms with Crippen molar-refractivity contribution in [2.75, 3.05) is 0 Å². The Bertz CT molecular complexity index is 598. The topological polar surface area (TPSA) is 0 Å². The molecule has 1 aliphatic rings. The molecule has 0 heterocycles. The summed E-state index contributed by atoms with van der Waals surface area (Å²) in [5.74, 6) is 0. The van der Waals surface area contributed by atoms with Crippen molar-refractivity contribution in [1.82, 2.24) is 0 Å². The zero-order chi connectivity index (χ0) is 16.7. The zero-order valence-corrected chi connectivity index (χ0v) is 15.3. The average Bonchev–Trinajstić information content (AvgIpc) is 2.85. The lowest BCUT2D eigenvalue weighted by Crippen LogP contribution is -1.98. The van der Waals surface area contributed by atoms with Crippen LogP contribution in [-0.4, -0.2) is 0 Å². The van der Waals surface area contributed by atoms with Crippen LogP contribution in [0.5, 0.6) is 0 Å². The van der Waals surface area contributed by atoms with Crippen LogP contribution in [0.4, 0.5) is 0 Å². The summed E-state index contributed by atoms with van der Waals surface area (Å²) in [7, 11) is 0. The first-order chi connectivity index (χ1) is 11.2. The molecule has 0 saturated carbocycles. The van der Waals surface area contributed by atoms with Gasteiger partial charge in [-0.15, -0.1) is 0 Å². The lowest BCUT2D eigenvalue weighted by atomic mass is 9.91. The predicted octanol–water partition coefficient (Wildman–Crippen LogP) is 7.19. The molecule has 0 amide bonds. The Kier molecular flexibility index (Phi) is 6.89. The van der Waals surface area contributed by atoms with Gasteiger partial charge in [-0.25, -0.2) is 0 Å². The molecule has 124 valence electrons. The molecule has 1 aromatic rings. The van der Waals surface area contributed by atoms with Gasteiger partial charge in [0.15, 0.2) is 0 Å². The molecule has 1 aliphatic carbocycles. The van der Waals surface area contributed by atoms with Gasteiger partial charge in [0.1, 0.15) is 0 Å². The van der Waals surface area contributed by atoms with Gasteiger partial charge in [0.25, 0.3) is 0 Å². The van der Waals surface area contributed by atoms with Crippen molar-refractivity contribution in [3.63, 3.8) is 0 Å². The Morgan fingerprint density at radius 1 is 1.17 bits per heavy atom. The lowest BCUT2D eigenvalue weighted by Gasteiger charge is -2.14. The highest BCUT2D eigenvalue weighted by Crippen LogP contribution is 2.29. The van der Waals surface area contributed by atoms with Crippen LogP contribution in [0.1, 0.15) is 75.5 Å². The normalized spacial score (nSPS) is 16.0. The first-order valence-electron chi connectivity index (χ1n) is 9.31. The van der Waals surface area contributed by atoms with E-state index in [1.54, 1.807) is 5.57 Å². The van der Waals surface area contributed by atoms with E-state index < -0.39 is 0 Å². The van der Waals surface area contributed by atoms with Crippen LogP contribution >= 0.6 is 0 Å². The minimum Gasteiger partial charge on any atom is -0.0956 e. The molecule has 0 aliphatic heterocycles. The zero-order valence-electron chi connectivity index (χ0n) is 15.3. The van der Waals surface area contributed by atoms with Gasteiger partial charge in [0.05, 0.1) is 0 Å². The highest BCUT2D eigenvalue weighted by Gasteiger charge is 2.10. The van der Waals surface area contributed by atoms with Gasteiger partial charge in [-0.3, -0.25) is 0 Å². The first-order valence-corrected chi connectivity index (χ1v) is 9.31. The van der Waals surface area contributed by atoms with Gasteiger partial charge >= 0.3 is 0 Å². The molecule has 0 atom stereocenters. The molecule has 0 bridgehead atoms. The summed E-state index contributed by atoms with van der Waals surface area (Å²) in [6.45, 7) is 10.9. The Balaban J connectivity index is 2.28. The van der Waals surface area contributed by atoms with E-state index in [1.165, 1.54) is 59.9 Å². The second-order valence-electron chi connectivity index (χ2n) is 6.74. The number of aryl methyl sites for hydroxylation is 1. The maximum absolute atomic E-state index is 4.26. The van der Waals surface area contributed by atoms with Crippen molar-refractivity contribution in [1.29, 1.82) is 0 Å². The van der Waals surface area contributed by atoms with Crippen molar-refractivity contribution >= 4 is 5.57 Å². The monoisotopic (exact) mass is 308 g/mol. The second kappa shape index (κ2) is 8.91. The standard InChI is InChI=1S/C23H32/c1-5-11-21(18(3)6-2)16-23-17-22(15-14-19(23)4)20-12-9-7-8-10-13-20/h11-12,14-15,17H,3,5-10,13,16H2,1-2,4H3/b21-11+. The van der Waals surface area contributed by atoms with E-state index in [1.807, 2.05) is 0 Å². The van der Waals surface area contributed by atoms with Crippen molar-refractivity contribution in [2.45, 2.75) is 72.1 Å². The van der Waals surface area contributed by atoms with E-state index in [0.717, 1.165) is 19.3 Å². The second-order valence-corrected chi connectivity index (χ2v) is 6.74. The Morgan fingerprint density at radius 2 is 2.00 bits per heavy atom. The summed E-state index contributed by atoms with van der Waals surface area (Å²) in [6, 6.07) is 7.04. The number of benzene rings is 1. The number of allylic oxidation sites excluding steroid dienone is 5. The summed E-state index contributed by atoms with van der Waals surface area (Å²) in [5.41, 5.74) is 8.55. The number of hydrogen-bond donors (Lipinski definition) is 0. The van der Waals surface area contributed by atoms with Crippen molar-refractivity contribution in [3.8, 4) is 0 Å². The highest BCUT2D eigenvalue weighted by atomic mass is 14.1. The fourth-order valence-corrected chi connectivity index (χ4v) is 3.36. The number of rotatable bonds is 6. The van der Waals surface area contributed by atoms with Gasteiger partial charge in [-0.2, -0.15) is 0 Å². The largest absolute Gasteiger partial charge is 0.0956 e. The predicted molar refractivity (Wildman–Crippen MR) is 104 cm³/mol. The molecule has 0 aromatic heterocycles. The van der Waals surface area contributed by atoms with Crippen LogP contribution in [0.3, 0.4) is 0 Å². The maximum Gasteiger partial charge on any atom is -0.00236 e. The molecule has 0 spiro atoms. The minimum atomic E-state index is 1.02. The number of hydrogen-bond acceptors (Lipinski definition) is 0. The summed E-state index contributed by atoms with van der Waals surface area (Å²) in [4.78, 5) is 0. The molecule has 23 heavy (non-hydrogen) atoms.